The van der Waals surface area contributed by atoms with Crippen LogP contribution >= 0.6 is 12.6 Å². The first-order chi connectivity index (χ1) is 12.1. The quantitative estimate of drug-likeness (QED) is 0.630. The Kier molecular flexibility index (Phi) is 7.07. The number of carbonyl (C=O) groups excluding carboxylic acids is 1. The standard InChI is InChI=1S/C20H23NO3S/c1-2-7-15-10-6-11-16(14-8-4-3-5-9-14)18(15)19(22)21-17(12-13-25)20(23)24/h3-6,8-11,17,25H,2,7,12-13H2,1H3,(H,21,22)(H,23,24)/t17-/m0/s1. The fraction of sp³-hybridized carbons (Fsp3) is 0.300. The topological polar surface area (TPSA) is 66.4 Å². The lowest BCUT2D eigenvalue weighted by Gasteiger charge is -2.18. The molecule has 1 amide bonds. The van der Waals surface area contributed by atoms with Gasteiger partial charge in [0.1, 0.15) is 6.04 Å². The van der Waals surface area contributed by atoms with E-state index in [4.69, 9.17) is 0 Å². The average molecular weight is 357 g/mol. The predicted molar refractivity (Wildman–Crippen MR) is 103 cm³/mol. The van der Waals surface area contributed by atoms with E-state index in [9.17, 15) is 14.7 Å². The molecule has 4 nitrogen and oxygen atoms in total. The van der Waals surface area contributed by atoms with Crippen molar-refractivity contribution >= 4 is 24.5 Å². The predicted octanol–water partition coefficient (Wildman–Crippen LogP) is 3.81. The molecule has 0 spiro atoms. The first-order valence-corrected chi connectivity index (χ1v) is 9.03. The van der Waals surface area contributed by atoms with Crippen molar-refractivity contribution in [3.63, 3.8) is 0 Å². The molecular weight excluding hydrogens is 334 g/mol. The van der Waals surface area contributed by atoms with Crippen molar-refractivity contribution in [3.05, 3.63) is 59.7 Å². The summed E-state index contributed by atoms with van der Waals surface area (Å²) in [6.45, 7) is 2.05. The molecule has 0 fully saturated rings. The van der Waals surface area contributed by atoms with E-state index in [1.807, 2.05) is 48.5 Å². The summed E-state index contributed by atoms with van der Waals surface area (Å²) in [5, 5.41) is 12.0. The summed E-state index contributed by atoms with van der Waals surface area (Å²) in [6.07, 6.45) is 1.94. The molecule has 0 aliphatic heterocycles. The highest BCUT2D eigenvalue weighted by atomic mass is 32.1. The number of hydrogen-bond donors (Lipinski definition) is 3. The van der Waals surface area contributed by atoms with Gasteiger partial charge >= 0.3 is 5.97 Å². The summed E-state index contributed by atoms with van der Waals surface area (Å²) in [5.41, 5.74) is 3.24. The molecule has 25 heavy (non-hydrogen) atoms. The van der Waals surface area contributed by atoms with Gasteiger partial charge in [-0.15, -0.1) is 0 Å². The maximum atomic E-state index is 12.9. The lowest BCUT2D eigenvalue weighted by Crippen LogP contribution is -2.41. The van der Waals surface area contributed by atoms with Crippen molar-refractivity contribution in [2.75, 3.05) is 5.75 Å². The van der Waals surface area contributed by atoms with Gasteiger partial charge in [0.05, 0.1) is 5.56 Å². The lowest BCUT2D eigenvalue weighted by molar-refractivity contribution is -0.139. The highest BCUT2D eigenvalue weighted by Gasteiger charge is 2.23. The minimum atomic E-state index is -1.04. The van der Waals surface area contributed by atoms with Gasteiger partial charge in [-0.2, -0.15) is 12.6 Å². The zero-order valence-corrected chi connectivity index (χ0v) is 15.1. The molecule has 0 aliphatic rings. The first kappa shape index (κ1) is 19.1. The zero-order valence-electron chi connectivity index (χ0n) is 14.2. The van der Waals surface area contributed by atoms with Crippen LogP contribution in [0.3, 0.4) is 0 Å². The maximum Gasteiger partial charge on any atom is 0.326 e. The summed E-state index contributed by atoms with van der Waals surface area (Å²) in [6, 6.07) is 14.5. The Morgan fingerprint density at radius 2 is 1.84 bits per heavy atom. The van der Waals surface area contributed by atoms with Gasteiger partial charge in [0.2, 0.25) is 0 Å². The minimum Gasteiger partial charge on any atom is -0.480 e. The van der Waals surface area contributed by atoms with Crippen LogP contribution in [0.15, 0.2) is 48.5 Å². The Labute approximate surface area is 153 Å². The van der Waals surface area contributed by atoms with Crippen LogP contribution in [0, 0.1) is 0 Å². The van der Waals surface area contributed by atoms with Crippen LogP contribution in [0.25, 0.3) is 11.1 Å². The second kappa shape index (κ2) is 9.28. The number of hydrogen-bond acceptors (Lipinski definition) is 3. The zero-order chi connectivity index (χ0) is 18.2. The number of amides is 1. The van der Waals surface area contributed by atoms with Gasteiger partial charge in [-0.1, -0.05) is 61.9 Å². The van der Waals surface area contributed by atoms with E-state index in [-0.39, 0.29) is 12.3 Å². The third kappa shape index (κ3) is 4.86. The second-order valence-corrected chi connectivity index (χ2v) is 6.28. The average Bonchev–Trinajstić information content (AvgIpc) is 2.62. The van der Waals surface area contributed by atoms with Crippen LogP contribution < -0.4 is 5.32 Å². The summed E-state index contributed by atoms with van der Waals surface area (Å²) < 4.78 is 0. The fourth-order valence-electron chi connectivity index (χ4n) is 2.82. The fourth-order valence-corrected chi connectivity index (χ4v) is 3.08. The van der Waals surface area contributed by atoms with Gasteiger partial charge in [-0.3, -0.25) is 4.79 Å². The van der Waals surface area contributed by atoms with Gasteiger partial charge in [-0.05, 0) is 35.3 Å². The van der Waals surface area contributed by atoms with Crippen LogP contribution in [-0.4, -0.2) is 28.8 Å². The van der Waals surface area contributed by atoms with Crippen LogP contribution in [0.4, 0.5) is 0 Å². The molecule has 0 bridgehead atoms. The van der Waals surface area contributed by atoms with E-state index < -0.39 is 12.0 Å². The van der Waals surface area contributed by atoms with Crippen LogP contribution in [0.5, 0.6) is 0 Å². The SMILES string of the molecule is CCCc1cccc(-c2ccccc2)c1C(=O)N[C@@H](CCS)C(=O)O. The van der Waals surface area contributed by atoms with E-state index in [0.717, 1.165) is 29.5 Å². The summed E-state index contributed by atoms with van der Waals surface area (Å²) in [4.78, 5) is 24.3. The Bertz CT molecular complexity index is 731. The summed E-state index contributed by atoms with van der Waals surface area (Å²) >= 11 is 4.08. The number of benzene rings is 2. The lowest BCUT2D eigenvalue weighted by atomic mass is 9.92. The second-order valence-electron chi connectivity index (χ2n) is 5.83. The van der Waals surface area contributed by atoms with E-state index in [1.54, 1.807) is 0 Å². The number of aliphatic carboxylic acids is 1. The molecule has 0 aromatic heterocycles. The van der Waals surface area contributed by atoms with Gasteiger partial charge in [0.15, 0.2) is 0 Å². The van der Waals surface area contributed by atoms with E-state index >= 15 is 0 Å². The van der Waals surface area contributed by atoms with Gasteiger partial charge in [-0.25, -0.2) is 4.79 Å². The summed E-state index contributed by atoms with van der Waals surface area (Å²) in [7, 11) is 0. The van der Waals surface area contributed by atoms with Crippen LogP contribution in [0.2, 0.25) is 0 Å². The number of nitrogens with one attached hydrogen (secondary N) is 1. The molecule has 0 heterocycles. The number of rotatable bonds is 8. The molecule has 0 unspecified atom stereocenters. The number of carboxylic acid groups (broad SMARTS) is 1. The van der Waals surface area contributed by atoms with Crippen LogP contribution in [-0.2, 0) is 11.2 Å². The number of carbonyl (C=O) groups is 2. The van der Waals surface area contributed by atoms with E-state index in [1.165, 1.54) is 0 Å². The van der Waals surface area contributed by atoms with Crippen molar-refractivity contribution in [2.24, 2.45) is 0 Å². The van der Waals surface area contributed by atoms with Crippen molar-refractivity contribution in [3.8, 4) is 11.1 Å². The van der Waals surface area contributed by atoms with Gasteiger partial charge in [0, 0.05) is 0 Å². The minimum absolute atomic E-state index is 0.279. The van der Waals surface area contributed by atoms with Crippen molar-refractivity contribution in [1.82, 2.24) is 5.32 Å². The molecule has 2 rings (SSSR count). The van der Waals surface area contributed by atoms with Crippen molar-refractivity contribution in [1.29, 1.82) is 0 Å². The molecule has 2 aromatic carbocycles. The van der Waals surface area contributed by atoms with Crippen molar-refractivity contribution in [2.45, 2.75) is 32.2 Å². The Morgan fingerprint density at radius 1 is 1.12 bits per heavy atom. The third-order valence-corrected chi connectivity index (χ3v) is 4.26. The monoisotopic (exact) mass is 357 g/mol. The number of aryl methyl sites for hydroxylation is 1. The maximum absolute atomic E-state index is 12.9. The van der Waals surface area contributed by atoms with E-state index in [0.29, 0.717) is 11.3 Å². The largest absolute Gasteiger partial charge is 0.480 e. The van der Waals surface area contributed by atoms with Crippen LogP contribution in [0.1, 0.15) is 35.7 Å². The third-order valence-electron chi connectivity index (χ3n) is 4.00. The summed E-state index contributed by atoms with van der Waals surface area (Å²) in [5.74, 6) is -1.01. The molecule has 132 valence electrons. The molecule has 0 aliphatic carbocycles. The molecule has 0 saturated heterocycles. The normalized spacial score (nSPS) is 11.8. The van der Waals surface area contributed by atoms with Gasteiger partial charge < -0.3 is 10.4 Å². The number of carboxylic acids is 1. The van der Waals surface area contributed by atoms with Crippen molar-refractivity contribution < 1.29 is 14.7 Å². The Balaban J connectivity index is 2.46. The molecule has 2 aromatic rings. The van der Waals surface area contributed by atoms with E-state index in [2.05, 4.69) is 24.9 Å². The molecule has 1 atom stereocenters. The highest BCUT2D eigenvalue weighted by Crippen LogP contribution is 2.27. The molecular formula is C20H23NO3S. The first-order valence-electron chi connectivity index (χ1n) is 8.40. The number of thiol groups is 1. The molecule has 2 N–H and O–H groups in total. The highest BCUT2D eigenvalue weighted by molar-refractivity contribution is 7.80. The smallest absolute Gasteiger partial charge is 0.326 e. The Morgan fingerprint density at radius 3 is 2.44 bits per heavy atom. The molecule has 5 heteroatoms. The molecule has 0 saturated carbocycles. The Hall–Kier alpha value is -2.27. The molecule has 0 radical (unpaired) electrons. The van der Waals surface area contributed by atoms with Gasteiger partial charge in [0.25, 0.3) is 5.91 Å².